The first-order valence-corrected chi connectivity index (χ1v) is 10.9. The zero-order chi connectivity index (χ0) is 25.3. The minimum absolute atomic E-state index is 0.0520. The van der Waals surface area contributed by atoms with E-state index in [4.69, 9.17) is 18.8 Å². The fraction of sp³-hybridized carbons (Fsp3) is 0.160. The molecule has 0 radical (unpaired) electrons. The van der Waals surface area contributed by atoms with Gasteiger partial charge in [0.1, 0.15) is 36.2 Å². The van der Waals surface area contributed by atoms with Gasteiger partial charge >= 0.3 is 12.0 Å². The molecule has 0 saturated heterocycles. The summed E-state index contributed by atoms with van der Waals surface area (Å²) in [4.78, 5) is 24.9. The van der Waals surface area contributed by atoms with Crippen LogP contribution in [0.5, 0.6) is 17.5 Å². The van der Waals surface area contributed by atoms with E-state index in [0.717, 1.165) is 6.42 Å². The maximum atomic E-state index is 13.3. The molecule has 4 aromatic rings. The van der Waals surface area contributed by atoms with Crippen molar-refractivity contribution in [1.82, 2.24) is 15.1 Å². The van der Waals surface area contributed by atoms with Crippen LogP contribution in [-0.2, 0) is 4.84 Å². The van der Waals surface area contributed by atoms with Crippen LogP contribution in [0.1, 0.15) is 29.5 Å². The number of benzene rings is 2. The van der Waals surface area contributed by atoms with E-state index in [1.54, 1.807) is 24.3 Å². The Morgan fingerprint density at radius 2 is 1.83 bits per heavy atom. The van der Waals surface area contributed by atoms with Gasteiger partial charge in [-0.05, 0) is 48.9 Å². The van der Waals surface area contributed by atoms with Crippen molar-refractivity contribution in [2.24, 2.45) is 5.16 Å². The Morgan fingerprint density at radius 1 is 1.08 bits per heavy atom. The summed E-state index contributed by atoms with van der Waals surface area (Å²) in [5.74, 6) is -0.887. The van der Waals surface area contributed by atoms with E-state index in [2.05, 4.69) is 20.3 Å². The van der Waals surface area contributed by atoms with Crippen LogP contribution < -0.4 is 9.47 Å². The number of oxime groups is 1. The molecule has 0 bridgehead atoms. The number of rotatable bonds is 11. The number of aromatic carboxylic acids is 1. The lowest BCUT2D eigenvalue weighted by Crippen LogP contribution is -2.14. The van der Waals surface area contributed by atoms with Crippen molar-refractivity contribution in [2.45, 2.75) is 13.3 Å². The standard InChI is InChI=1S/C25H21FN4O6/c1-2-10-34-29-22(23-14-21(30-36-23)16-4-6-18(26)7-5-16)15-33-19-11-17(24(31)32)12-20(13-19)35-25-27-8-3-9-28-25/h3-9,11-14H,2,10,15H2,1H3,(H,31,32)/b29-22+. The first-order chi connectivity index (χ1) is 17.5. The zero-order valence-corrected chi connectivity index (χ0v) is 19.1. The van der Waals surface area contributed by atoms with Gasteiger partial charge in [-0.25, -0.2) is 19.2 Å². The highest BCUT2D eigenvalue weighted by molar-refractivity contribution is 5.99. The van der Waals surface area contributed by atoms with Gasteiger partial charge in [-0.2, -0.15) is 0 Å². The molecule has 0 fully saturated rings. The minimum atomic E-state index is -1.17. The summed E-state index contributed by atoms with van der Waals surface area (Å²) in [6, 6.07) is 13.3. The van der Waals surface area contributed by atoms with Crippen molar-refractivity contribution in [2.75, 3.05) is 13.2 Å². The quantitative estimate of drug-likeness (QED) is 0.175. The third kappa shape index (κ3) is 6.41. The van der Waals surface area contributed by atoms with Crippen molar-refractivity contribution in [3.63, 3.8) is 0 Å². The van der Waals surface area contributed by atoms with Gasteiger partial charge in [0.25, 0.3) is 0 Å². The van der Waals surface area contributed by atoms with E-state index in [1.807, 2.05) is 6.92 Å². The minimum Gasteiger partial charge on any atom is -0.487 e. The molecule has 1 N–H and O–H groups in total. The number of carboxylic acid groups (broad SMARTS) is 1. The Kier molecular flexibility index (Phi) is 7.81. The largest absolute Gasteiger partial charge is 0.487 e. The van der Waals surface area contributed by atoms with E-state index in [0.29, 0.717) is 17.9 Å². The lowest BCUT2D eigenvalue weighted by molar-refractivity contribution is 0.0696. The summed E-state index contributed by atoms with van der Waals surface area (Å²) in [7, 11) is 0. The average molecular weight is 492 g/mol. The number of hydrogen-bond acceptors (Lipinski definition) is 9. The highest BCUT2D eigenvalue weighted by Gasteiger charge is 2.16. The van der Waals surface area contributed by atoms with Gasteiger partial charge in [-0.15, -0.1) is 0 Å². The second-order valence-corrected chi connectivity index (χ2v) is 7.37. The average Bonchev–Trinajstić information content (AvgIpc) is 3.37. The lowest BCUT2D eigenvalue weighted by atomic mass is 10.1. The summed E-state index contributed by atoms with van der Waals surface area (Å²) in [6.45, 7) is 2.17. The molecule has 2 aromatic carbocycles. The Morgan fingerprint density at radius 3 is 2.56 bits per heavy atom. The van der Waals surface area contributed by atoms with Crippen molar-refractivity contribution < 1.29 is 33.1 Å². The van der Waals surface area contributed by atoms with Crippen LogP contribution in [0.2, 0.25) is 0 Å². The molecule has 4 rings (SSSR count). The van der Waals surface area contributed by atoms with Gasteiger partial charge in [0.15, 0.2) is 11.5 Å². The van der Waals surface area contributed by atoms with Crippen LogP contribution >= 0.6 is 0 Å². The number of nitrogens with zero attached hydrogens (tertiary/aromatic N) is 4. The smallest absolute Gasteiger partial charge is 0.335 e. The molecule has 0 saturated carbocycles. The third-order valence-corrected chi connectivity index (χ3v) is 4.66. The predicted octanol–water partition coefficient (Wildman–Crippen LogP) is 4.97. The summed E-state index contributed by atoms with van der Waals surface area (Å²) in [5.41, 5.74) is 1.34. The maximum absolute atomic E-state index is 13.3. The molecule has 0 aliphatic carbocycles. The molecule has 10 nitrogen and oxygen atoms in total. The number of carboxylic acids is 1. The van der Waals surface area contributed by atoms with Crippen molar-refractivity contribution in [1.29, 1.82) is 0 Å². The molecule has 36 heavy (non-hydrogen) atoms. The lowest BCUT2D eigenvalue weighted by Gasteiger charge is -2.10. The topological polar surface area (TPSA) is 129 Å². The maximum Gasteiger partial charge on any atom is 0.335 e. The molecule has 0 aliphatic rings. The van der Waals surface area contributed by atoms with Crippen LogP contribution in [0.25, 0.3) is 11.3 Å². The van der Waals surface area contributed by atoms with E-state index < -0.39 is 5.97 Å². The molecule has 2 aromatic heterocycles. The van der Waals surface area contributed by atoms with E-state index in [-0.39, 0.29) is 47.0 Å². The Balaban J connectivity index is 1.56. The number of halogens is 1. The van der Waals surface area contributed by atoms with Gasteiger partial charge in [-0.3, -0.25) is 0 Å². The molecule has 0 spiro atoms. The second-order valence-electron chi connectivity index (χ2n) is 7.37. The Bertz CT molecular complexity index is 1340. The highest BCUT2D eigenvalue weighted by atomic mass is 19.1. The third-order valence-electron chi connectivity index (χ3n) is 4.66. The van der Waals surface area contributed by atoms with Crippen molar-refractivity contribution in [3.8, 4) is 28.8 Å². The summed E-state index contributed by atoms with van der Waals surface area (Å²) in [5, 5.41) is 17.6. The molecular formula is C25H21FN4O6. The molecule has 0 atom stereocenters. The SMILES string of the molecule is CCCO/N=C(\COc1cc(Oc2ncccn2)cc(C(=O)O)c1)c1cc(-c2ccc(F)cc2)no1. The molecule has 184 valence electrons. The Hall–Kier alpha value is -4.80. The fourth-order valence-corrected chi connectivity index (χ4v) is 2.96. The fourth-order valence-electron chi connectivity index (χ4n) is 2.96. The van der Waals surface area contributed by atoms with E-state index in [1.165, 1.54) is 42.7 Å². The Labute approximate surface area is 205 Å². The molecule has 11 heteroatoms. The van der Waals surface area contributed by atoms with Crippen molar-refractivity contribution >= 4 is 11.7 Å². The van der Waals surface area contributed by atoms with Gasteiger partial charge in [0.05, 0.1) is 5.56 Å². The van der Waals surface area contributed by atoms with E-state index >= 15 is 0 Å². The summed E-state index contributed by atoms with van der Waals surface area (Å²) < 4.78 is 30.1. The number of carbonyl (C=O) groups is 1. The molecule has 2 heterocycles. The first-order valence-electron chi connectivity index (χ1n) is 10.9. The summed E-state index contributed by atoms with van der Waals surface area (Å²) in [6.07, 6.45) is 3.73. The zero-order valence-electron chi connectivity index (χ0n) is 19.1. The van der Waals surface area contributed by atoms with Gasteiger partial charge in [0, 0.05) is 30.1 Å². The van der Waals surface area contributed by atoms with Crippen LogP contribution in [0, 0.1) is 5.82 Å². The van der Waals surface area contributed by atoms with Gasteiger partial charge in [0.2, 0.25) is 0 Å². The van der Waals surface area contributed by atoms with Crippen LogP contribution in [0.4, 0.5) is 4.39 Å². The number of hydrogen-bond donors (Lipinski definition) is 1. The van der Waals surface area contributed by atoms with Crippen molar-refractivity contribution in [3.05, 3.63) is 84.1 Å². The number of aromatic nitrogens is 3. The van der Waals surface area contributed by atoms with Crippen LogP contribution in [-0.4, -0.2) is 45.1 Å². The predicted molar refractivity (Wildman–Crippen MR) is 126 cm³/mol. The molecular weight excluding hydrogens is 471 g/mol. The molecule has 0 aliphatic heterocycles. The van der Waals surface area contributed by atoms with Gasteiger partial charge in [-0.1, -0.05) is 17.2 Å². The number of ether oxygens (including phenoxy) is 2. The van der Waals surface area contributed by atoms with Crippen LogP contribution in [0.3, 0.4) is 0 Å². The monoisotopic (exact) mass is 492 g/mol. The molecule has 0 unspecified atom stereocenters. The van der Waals surface area contributed by atoms with E-state index in [9.17, 15) is 14.3 Å². The second kappa shape index (κ2) is 11.6. The summed E-state index contributed by atoms with van der Waals surface area (Å²) >= 11 is 0. The van der Waals surface area contributed by atoms with Crippen LogP contribution in [0.15, 0.2) is 76.7 Å². The highest BCUT2D eigenvalue weighted by Crippen LogP contribution is 2.27. The molecule has 0 amide bonds. The normalized spacial score (nSPS) is 11.2. The first kappa shape index (κ1) is 24.3. The van der Waals surface area contributed by atoms with Gasteiger partial charge < -0.3 is 23.9 Å².